The standard InChI is InChI=1S/C18H17N5/c19-10-15-6-8-16(9-7-15)11-21-18(12-23-14-20-13-22-23)17-4-2-1-3-5-17/h1-9,13-14,18,21H,11-12H2. The van der Waals surface area contributed by atoms with Crippen molar-refractivity contribution in [1.82, 2.24) is 20.1 Å². The minimum Gasteiger partial charge on any atom is -0.304 e. The van der Waals surface area contributed by atoms with E-state index in [2.05, 4.69) is 33.6 Å². The van der Waals surface area contributed by atoms with Gasteiger partial charge in [-0.05, 0) is 23.3 Å². The average molecular weight is 303 g/mol. The average Bonchev–Trinajstić information content (AvgIpc) is 3.13. The fourth-order valence-corrected chi connectivity index (χ4v) is 2.43. The Morgan fingerprint density at radius 1 is 1.09 bits per heavy atom. The van der Waals surface area contributed by atoms with E-state index in [0.717, 1.165) is 12.1 Å². The first-order valence-corrected chi connectivity index (χ1v) is 7.45. The van der Waals surface area contributed by atoms with Crippen LogP contribution < -0.4 is 5.32 Å². The molecule has 0 bridgehead atoms. The molecule has 1 heterocycles. The van der Waals surface area contributed by atoms with Crippen molar-refractivity contribution in [2.24, 2.45) is 0 Å². The summed E-state index contributed by atoms with van der Waals surface area (Å²) in [6.07, 6.45) is 3.27. The van der Waals surface area contributed by atoms with Crippen LogP contribution in [0.5, 0.6) is 0 Å². The van der Waals surface area contributed by atoms with Crippen molar-refractivity contribution in [3.63, 3.8) is 0 Å². The van der Waals surface area contributed by atoms with Crippen LogP contribution in [0.1, 0.15) is 22.7 Å². The molecule has 3 aromatic rings. The van der Waals surface area contributed by atoms with E-state index in [9.17, 15) is 0 Å². The van der Waals surface area contributed by atoms with Gasteiger partial charge in [-0.1, -0.05) is 42.5 Å². The highest BCUT2D eigenvalue weighted by Crippen LogP contribution is 2.15. The van der Waals surface area contributed by atoms with Crippen molar-refractivity contribution in [3.8, 4) is 6.07 Å². The Hall–Kier alpha value is -2.97. The molecule has 0 amide bonds. The monoisotopic (exact) mass is 303 g/mol. The minimum atomic E-state index is 0.133. The third-order valence-corrected chi connectivity index (χ3v) is 3.67. The molecule has 0 fully saturated rings. The molecule has 0 aliphatic rings. The van der Waals surface area contributed by atoms with Gasteiger partial charge in [-0.2, -0.15) is 10.4 Å². The molecular weight excluding hydrogens is 286 g/mol. The molecule has 0 saturated carbocycles. The summed E-state index contributed by atoms with van der Waals surface area (Å²) in [5, 5.41) is 16.6. The fraction of sp³-hybridized carbons (Fsp3) is 0.167. The van der Waals surface area contributed by atoms with Crippen LogP contribution in [0.2, 0.25) is 0 Å². The molecule has 1 unspecified atom stereocenters. The van der Waals surface area contributed by atoms with Gasteiger partial charge in [0.05, 0.1) is 24.2 Å². The molecular formula is C18H17N5. The number of nitrogens with one attached hydrogen (secondary N) is 1. The van der Waals surface area contributed by atoms with Gasteiger partial charge < -0.3 is 5.32 Å². The zero-order valence-corrected chi connectivity index (χ0v) is 12.6. The zero-order chi connectivity index (χ0) is 15.9. The highest BCUT2D eigenvalue weighted by Gasteiger charge is 2.12. The highest BCUT2D eigenvalue weighted by atomic mass is 15.3. The number of hydrogen-bond acceptors (Lipinski definition) is 4. The number of hydrogen-bond donors (Lipinski definition) is 1. The van der Waals surface area contributed by atoms with Crippen LogP contribution >= 0.6 is 0 Å². The molecule has 0 aliphatic heterocycles. The molecule has 2 aromatic carbocycles. The van der Waals surface area contributed by atoms with Crippen LogP contribution in [0.15, 0.2) is 67.3 Å². The van der Waals surface area contributed by atoms with Gasteiger partial charge in [-0.25, -0.2) is 4.98 Å². The largest absolute Gasteiger partial charge is 0.304 e. The van der Waals surface area contributed by atoms with E-state index in [4.69, 9.17) is 5.26 Å². The van der Waals surface area contributed by atoms with Crippen LogP contribution in [-0.2, 0) is 13.1 Å². The third kappa shape index (κ3) is 4.02. The first-order valence-electron chi connectivity index (χ1n) is 7.45. The topological polar surface area (TPSA) is 66.5 Å². The van der Waals surface area contributed by atoms with Gasteiger partial charge >= 0.3 is 0 Å². The number of benzene rings is 2. The molecule has 0 radical (unpaired) electrons. The van der Waals surface area contributed by atoms with Gasteiger partial charge in [-0.15, -0.1) is 0 Å². The summed E-state index contributed by atoms with van der Waals surface area (Å²) in [5.74, 6) is 0. The summed E-state index contributed by atoms with van der Waals surface area (Å²) in [6.45, 7) is 1.43. The number of aromatic nitrogens is 3. The van der Waals surface area contributed by atoms with E-state index in [0.29, 0.717) is 12.1 Å². The summed E-state index contributed by atoms with van der Waals surface area (Å²) >= 11 is 0. The maximum absolute atomic E-state index is 8.86. The zero-order valence-electron chi connectivity index (χ0n) is 12.6. The van der Waals surface area contributed by atoms with Crippen molar-refractivity contribution >= 4 is 0 Å². The van der Waals surface area contributed by atoms with E-state index in [1.807, 2.05) is 47.1 Å². The number of nitriles is 1. The summed E-state index contributed by atoms with van der Waals surface area (Å²) < 4.78 is 1.82. The number of nitrogens with zero attached hydrogens (tertiary/aromatic N) is 4. The maximum Gasteiger partial charge on any atom is 0.137 e. The fourth-order valence-electron chi connectivity index (χ4n) is 2.43. The van der Waals surface area contributed by atoms with E-state index in [-0.39, 0.29) is 6.04 Å². The Morgan fingerprint density at radius 3 is 2.52 bits per heavy atom. The maximum atomic E-state index is 8.86. The van der Waals surface area contributed by atoms with Crippen LogP contribution in [0.4, 0.5) is 0 Å². The lowest BCUT2D eigenvalue weighted by Crippen LogP contribution is -2.25. The molecule has 0 saturated heterocycles. The van der Waals surface area contributed by atoms with Crippen LogP contribution in [-0.4, -0.2) is 14.8 Å². The normalized spacial score (nSPS) is 11.8. The van der Waals surface area contributed by atoms with Gasteiger partial charge in [0.1, 0.15) is 12.7 Å². The van der Waals surface area contributed by atoms with Crippen LogP contribution in [0.25, 0.3) is 0 Å². The van der Waals surface area contributed by atoms with E-state index in [1.54, 1.807) is 12.7 Å². The third-order valence-electron chi connectivity index (χ3n) is 3.67. The van der Waals surface area contributed by atoms with Crippen molar-refractivity contribution in [1.29, 1.82) is 5.26 Å². The van der Waals surface area contributed by atoms with Crippen molar-refractivity contribution in [3.05, 3.63) is 83.9 Å². The predicted molar refractivity (Wildman–Crippen MR) is 87.2 cm³/mol. The lowest BCUT2D eigenvalue weighted by molar-refractivity contribution is 0.436. The Balaban J connectivity index is 1.71. The van der Waals surface area contributed by atoms with E-state index < -0.39 is 0 Å². The Labute approximate surface area is 135 Å². The molecule has 5 nitrogen and oxygen atoms in total. The lowest BCUT2D eigenvalue weighted by atomic mass is 10.1. The van der Waals surface area contributed by atoms with Crippen molar-refractivity contribution in [2.75, 3.05) is 0 Å². The Morgan fingerprint density at radius 2 is 1.87 bits per heavy atom. The van der Waals surface area contributed by atoms with Gasteiger partial charge in [0.25, 0.3) is 0 Å². The molecule has 1 atom stereocenters. The molecule has 1 N–H and O–H groups in total. The van der Waals surface area contributed by atoms with E-state index in [1.165, 1.54) is 5.56 Å². The van der Waals surface area contributed by atoms with E-state index >= 15 is 0 Å². The van der Waals surface area contributed by atoms with Crippen molar-refractivity contribution in [2.45, 2.75) is 19.1 Å². The summed E-state index contributed by atoms with van der Waals surface area (Å²) in [5.41, 5.74) is 3.02. The van der Waals surface area contributed by atoms with Crippen molar-refractivity contribution < 1.29 is 0 Å². The second-order valence-electron chi connectivity index (χ2n) is 5.27. The summed E-state index contributed by atoms with van der Waals surface area (Å²) in [6, 6.07) is 20.2. The first-order chi connectivity index (χ1) is 11.3. The quantitative estimate of drug-likeness (QED) is 0.760. The van der Waals surface area contributed by atoms with Gasteiger partial charge in [0, 0.05) is 6.54 Å². The smallest absolute Gasteiger partial charge is 0.137 e. The molecule has 0 spiro atoms. The van der Waals surface area contributed by atoms with Crippen LogP contribution in [0, 0.1) is 11.3 Å². The Bertz CT molecular complexity index is 757. The molecule has 0 aliphatic carbocycles. The molecule has 1 aromatic heterocycles. The molecule has 114 valence electrons. The summed E-state index contributed by atoms with van der Waals surface area (Å²) in [7, 11) is 0. The molecule has 5 heteroatoms. The summed E-state index contributed by atoms with van der Waals surface area (Å²) in [4.78, 5) is 4.00. The lowest BCUT2D eigenvalue weighted by Gasteiger charge is -2.19. The molecule has 23 heavy (non-hydrogen) atoms. The SMILES string of the molecule is N#Cc1ccc(CNC(Cn2cncn2)c2ccccc2)cc1. The minimum absolute atomic E-state index is 0.133. The van der Waals surface area contributed by atoms with Gasteiger partial charge in [0.15, 0.2) is 0 Å². The number of rotatable bonds is 6. The van der Waals surface area contributed by atoms with Gasteiger partial charge in [-0.3, -0.25) is 4.68 Å². The van der Waals surface area contributed by atoms with Gasteiger partial charge in [0.2, 0.25) is 0 Å². The predicted octanol–water partition coefficient (Wildman–Crippen LogP) is 2.68. The second kappa shape index (κ2) is 7.34. The first kappa shape index (κ1) is 14.9. The highest BCUT2D eigenvalue weighted by molar-refractivity contribution is 5.31. The second-order valence-corrected chi connectivity index (χ2v) is 5.27. The Kier molecular flexibility index (Phi) is 4.77. The van der Waals surface area contributed by atoms with Crippen LogP contribution in [0.3, 0.4) is 0 Å². The molecule has 3 rings (SSSR count).